The molecule has 83 heavy (non-hydrogen) atoms. The molecular weight excluding hydrogens is 1150 g/mol. The van der Waals surface area contributed by atoms with Crippen molar-refractivity contribution in [3.63, 3.8) is 0 Å². The number of nitrogens with two attached hydrogens (primary N) is 1. The summed E-state index contributed by atoms with van der Waals surface area (Å²) in [5, 5.41) is 40.2. The Balaban J connectivity index is 1.18. The van der Waals surface area contributed by atoms with Crippen LogP contribution in [0.1, 0.15) is 78.7 Å². The molecule has 2 saturated heterocycles. The number of allylic oxidation sites excluding steroid dienone is 3. The maximum atomic E-state index is 16.1. The first-order chi connectivity index (χ1) is 39.2. The number of nitrogens with one attached hydrogen (secondary N) is 7. The molecule has 4 heterocycles. The molecule has 10 atom stereocenters. The van der Waals surface area contributed by atoms with Crippen molar-refractivity contribution in [2.24, 2.45) is 17.6 Å². The zero-order valence-corrected chi connectivity index (χ0v) is 49.6. The summed E-state index contributed by atoms with van der Waals surface area (Å²) in [6.45, 7) is 9.42. The lowest BCUT2D eigenvalue weighted by molar-refractivity contribution is -0.142. The van der Waals surface area contributed by atoms with Gasteiger partial charge in [-0.05, 0) is 93.9 Å². The van der Waals surface area contributed by atoms with Crippen LogP contribution in [0.15, 0.2) is 60.2 Å². The number of urea groups is 1. The Morgan fingerprint density at radius 1 is 1.00 bits per heavy atom. The summed E-state index contributed by atoms with van der Waals surface area (Å²) >= 11 is 18.9. The zero-order chi connectivity index (χ0) is 61.1. The summed E-state index contributed by atoms with van der Waals surface area (Å²) in [6.07, 6.45) is 1.39. The molecule has 1 unspecified atom stereocenters. The highest BCUT2D eigenvalue weighted by molar-refractivity contribution is 7.80. The van der Waals surface area contributed by atoms with E-state index in [0.717, 1.165) is 23.3 Å². The summed E-state index contributed by atoms with van der Waals surface area (Å²) in [4.78, 5) is 95.2. The van der Waals surface area contributed by atoms with E-state index in [1.807, 2.05) is 13.0 Å². The first kappa shape index (κ1) is 65.3. The van der Waals surface area contributed by atoms with Gasteiger partial charge in [0.05, 0.1) is 41.7 Å². The van der Waals surface area contributed by atoms with Gasteiger partial charge in [-0.2, -0.15) is 0 Å². The van der Waals surface area contributed by atoms with E-state index < -0.39 is 114 Å². The molecule has 4 bridgehead atoms. The molecule has 4 aliphatic rings. The van der Waals surface area contributed by atoms with E-state index in [4.69, 9.17) is 64.8 Å². The second-order valence-corrected chi connectivity index (χ2v) is 22.4. The number of fused-ring (bicyclic) bond motifs is 5. The van der Waals surface area contributed by atoms with Gasteiger partial charge in [-0.1, -0.05) is 67.8 Å². The van der Waals surface area contributed by atoms with E-state index in [0.29, 0.717) is 32.4 Å². The third kappa shape index (κ3) is 16.9. The Bertz CT molecular complexity index is 2880. The van der Waals surface area contributed by atoms with Crippen LogP contribution in [-0.2, 0) is 44.5 Å². The SMILES string of the molecule is COc1cc2cc(c1Cl)N(C)C(=O)C[C@H](OC(=O)Nc1cc(F)c(NC(=O)[C@H](CCCNC(N)=O)NC(=O)[C@@H](NC(=S)NCCCCN3C(=O)C=CC3O)C(C)C)cc1Cl)[C@]1(C)O[C@H]1[C@H](C)[C@@H]1C[C@@](O)(NC(=O)O1)[C@H](OC)/C=C/C=C(\C)C2. The number of rotatable bonds is 19. The number of carbonyl (C=O) groups is 7. The van der Waals surface area contributed by atoms with E-state index in [1.165, 1.54) is 43.2 Å². The van der Waals surface area contributed by atoms with Gasteiger partial charge in [0, 0.05) is 58.3 Å². The first-order valence-corrected chi connectivity index (χ1v) is 28.1. The first-order valence-electron chi connectivity index (χ1n) is 26.9. The molecule has 0 saturated carbocycles. The topological polar surface area (TPSA) is 326 Å². The predicted octanol–water partition coefficient (Wildman–Crippen LogP) is 5.02. The van der Waals surface area contributed by atoms with Crippen molar-refractivity contribution in [3.8, 4) is 5.75 Å². The molecule has 11 N–H and O–H groups in total. The monoisotopic (exact) mass is 1220 g/mol. The van der Waals surface area contributed by atoms with Crippen LogP contribution in [-0.4, -0.2) is 157 Å². The largest absolute Gasteiger partial charge is 0.495 e. The molecule has 8 amide bonds. The van der Waals surface area contributed by atoms with Crippen molar-refractivity contribution in [2.75, 3.05) is 56.4 Å². The molecule has 0 aromatic heterocycles. The normalized spacial score (nSPS) is 26.0. The average molecular weight is 1220 g/mol. The number of epoxide rings is 1. The van der Waals surface area contributed by atoms with Gasteiger partial charge in [-0.3, -0.25) is 29.8 Å². The second kappa shape index (κ2) is 28.6. The van der Waals surface area contributed by atoms with Gasteiger partial charge in [0.2, 0.25) is 23.6 Å². The Labute approximate surface area is 495 Å². The van der Waals surface area contributed by atoms with Crippen LogP contribution in [0.4, 0.5) is 35.8 Å². The number of hydrogen-bond donors (Lipinski definition) is 10. The van der Waals surface area contributed by atoms with Gasteiger partial charge in [-0.25, -0.2) is 18.8 Å². The van der Waals surface area contributed by atoms with Crippen molar-refractivity contribution < 1.29 is 71.8 Å². The number of aliphatic hydroxyl groups is 2. The van der Waals surface area contributed by atoms with Gasteiger partial charge in [-0.15, -0.1) is 0 Å². The number of primary amides is 1. The van der Waals surface area contributed by atoms with E-state index in [1.54, 1.807) is 52.0 Å². The number of halogens is 3. The summed E-state index contributed by atoms with van der Waals surface area (Å²) in [6, 6.07) is 2.21. The molecule has 0 radical (unpaired) electrons. The van der Waals surface area contributed by atoms with E-state index in [2.05, 4.69) is 37.2 Å². The van der Waals surface area contributed by atoms with E-state index >= 15 is 4.39 Å². The number of unbranched alkanes of at least 4 members (excludes halogenated alkanes) is 1. The molecule has 24 nitrogen and oxygen atoms in total. The molecule has 0 aliphatic carbocycles. The van der Waals surface area contributed by atoms with Crippen molar-refractivity contribution in [3.05, 3.63) is 81.6 Å². The molecule has 2 aromatic rings. The molecule has 454 valence electrons. The quantitative estimate of drug-likeness (QED) is 0.0501. The van der Waals surface area contributed by atoms with Crippen LogP contribution in [0.25, 0.3) is 0 Å². The number of benzene rings is 2. The Kier molecular flexibility index (Phi) is 22.6. The van der Waals surface area contributed by atoms with Crippen LogP contribution in [0.3, 0.4) is 0 Å². The minimum atomic E-state index is -1.94. The Morgan fingerprint density at radius 3 is 2.39 bits per heavy atom. The number of methoxy groups -OCH3 is 2. The van der Waals surface area contributed by atoms with Crippen LogP contribution >= 0.6 is 35.4 Å². The number of nitrogens with zero attached hydrogens (tertiary/aromatic N) is 2. The Morgan fingerprint density at radius 2 is 1.72 bits per heavy atom. The predicted molar refractivity (Wildman–Crippen MR) is 310 cm³/mol. The van der Waals surface area contributed by atoms with Crippen LogP contribution in [0.2, 0.25) is 10.0 Å². The number of ether oxygens (including phenoxy) is 5. The van der Waals surface area contributed by atoms with E-state index in [9.17, 15) is 43.8 Å². The van der Waals surface area contributed by atoms with Gasteiger partial charge >= 0.3 is 18.2 Å². The number of carbonyl (C=O) groups excluding carboxylic acids is 7. The van der Waals surface area contributed by atoms with Gasteiger partial charge < -0.3 is 76.0 Å². The number of hydrogen-bond acceptors (Lipinski definition) is 15. The van der Waals surface area contributed by atoms with E-state index in [-0.39, 0.29) is 69.9 Å². The maximum absolute atomic E-state index is 16.1. The van der Waals surface area contributed by atoms with Gasteiger partial charge in [0.1, 0.15) is 58.8 Å². The van der Waals surface area contributed by atoms with Crippen molar-refractivity contribution in [2.45, 2.75) is 134 Å². The lowest BCUT2D eigenvalue weighted by Gasteiger charge is -2.42. The number of thiocarbonyl (C=S) groups is 1. The number of alkyl carbamates (subject to hydrolysis) is 1. The molecule has 2 aromatic carbocycles. The fourth-order valence-electron chi connectivity index (χ4n) is 9.96. The highest BCUT2D eigenvalue weighted by Gasteiger charge is 2.64. The molecular formula is C55H73Cl2FN10O14S. The summed E-state index contributed by atoms with van der Waals surface area (Å²) in [7, 11) is 4.30. The number of anilines is 3. The summed E-state index contributed by atoms with van der Waals surface area (Å²) in [5.74, 6) is -4.21. The van der Waals surface area contributed by atoms with Crippen LogP contribution in [0.5, 0.6) is 5.75 Å². The molecule has 0 spiro atoms. The average Bonchev–Trinajstić information content (AvgIpc) is 3.38. The molecule has 6 rings (SSSR count). The van der Waals surface area contributed by atoms with Crippen molar-refractivity contribution >= 4 is 99.4 Å². The smallest absolute Gasteiger partial charge is 0.412 e. The fraction of sp³-hybridized carbons (Fsp3) is 0.527. The van der Waals surface area contributed by atoms with Crippen LogP contribution in [0, 0.1) is 17.7 Å². The van der Waals surface area contributed by atoms with Crippen molar-refractivity contribution in [1.82, 2.24) is 31.5 Å². The highest BCUT2D eigenvalue weighted by Crippen LogP contribution is 2.49. The number of aliphatic hydroxyl groups excluding tert-OH is 1. The minimum Gasteiger partial charge on any atom is -0.495 e. The number of amides is 8. The maximum Gasteiger partial charge on any atom is 0.412 e. The lowest BCUT2D eigenvalue weighted by atomic mass is 9.83. The van der Waals surface area contributed by atoms with Gasteiger partial charge in [0.15, 0.2) is 10.8 Å². The molecule has 2 fully saturated rings. The van der Waals surface area contributed by atoms with Gasteiger partial charge in [0.25, 0.3) is 0 Å². The minimum absolute atomic E-state index is 0.0318. The zero-order valence-electron chi connectivity index (χ0n) is 47.3. The second-order valence-electron chi connectivity index (χ2n) is 21.2. The summed E-state index contributed by atoms with van der Waals surface area (Å²) in [5.41, 5.74) is 2.96. The fourth-order valence-corrected chi connectivity index (χ4v) is 10.7. The highest BCUT2D eigenvalue weighted by atomic mass is 35.5. The third-order valence-electron chi connectivity index (χ3n) is 14.7. The van der Waals surface area contributed by atoms with Crippen molar-refractivity contribution in [1.29, 1.82) is 0 Å². The Hall–Kier alpha value is -6.81. The summed E-state index contributed by atoms with van der Waals surface area (Å²) < 4.78 is 45.3. The lowest BCUT2D eigenvalue weighted by Crippen LogP contribution is -2.63. The molecule has 4 aliphatic heterocycles. The molecule has 28 heteroatoms. The standard InChI is InChI=1S/C55H73Cl2FN10O14S/c1-28(2)46(65-51(83)61-18-9-10-20-68-42(69)16-17-43(68)70)49(73)62-34(14-12-19-60-50(59)74)48(72)63-36-24-32(56)35(25-33(36)58)64-52(75)81-41-26-44(71)67(6)37-22-31(23-38(78-7)45(37)57)21-29(3)13-11-15-40(79-8)55(77)27-39(80-53(76)66-55)30(4)47-54(41,5)82-47/h11,13,15-17,22-25,28,30,34,39-42,46-47,69,77H,9-10,12,14,18-21,26-27H2,1-8H3,(H,62,73)(H,63,72)(H,64,75)(H,66,76)(H3,59,60,74)(H2,61,65,83)/b15-11+,29-13+/t30-,34+,39+,40-,41+,42?,46+,47+,54+,55+/m1/s1. The third-order valence-corrected chi connectivity index (χ3v) is 15.7. The van der Waals surface area contributed by atoms with Crippen LogP contribution < -0.4 is 52.6 Å².